The van der Waals surface area contributed by atoms with Gasteiger partial charge in [0, 0.05) is 0 Å². The van der Waals surface area contributed by atoms with E-state index in [1.807, 2.05) is 19.1 Å². The van der Waals surface area contributed by atoms with Crippen molar-refractivity contribution in [1.82, 2.24) is 5.43 Å². The van der Waals surface area contributed by atoms with Gasteiger partial charge in [-0.15, -0.1) is 0 Å². The molecule has 5 heteroatoms. The molecular formula is C16H20N2O3. The van der Waals surface area contributed by atoms with E-state index in [9.17, 15) is 4.79 Å². The van der Waals surface area contributed by atoms with Gasteiger partial charge >= 0.3 is 0 Å². The molecule has 5 nitrogen and oxygen atoms in total. The first-order valence-corrected chi connectivity index (χ1v) is 6.83. The highest BCUT2D eigenvalue weighted by atomic mass is 16.5. The van der Waals surface area contributed by atoms with E-state index in [1.165, 1.54) is 11.8 Å². The van der Waals surface area contributed by atoms with Crippen molar-refractivity contribution >= 4 is 5.91 Å². The van der Waals surface area contributed by atoms with Crippen molar-refractivity contribution in [3.05, 3.63) is 53.0 Å². The average Bonchev–Trinajstić information content (AvgIpc) is 2.93. The Morgan fingerprint density at radius 3 is 2.81 bits per heavy atom. The summed E-state index contributed by atoms with van der Waals surface area (Å²) in [7, 11) is 0. The van der Waals surface area contributed by atoms with Crippen LogP contribution in [0.3, 0.4) is 0 Å². The minimum Gasteiger partial charge on any atom is -0.485 e. The highest BCUT2D eigenvalue weighted by Gasteiger charge is 2.14. The summed E-state index contributed by atoms with van der Waals surface area (Å²) in [5.74, 6) is 6.41. The quantitative estimate of drug-likeness (QED) is 0.504. The third kappa shape index (κ3) is 3.44. The number of aryl methyl sites for hydroxylation is 1. The van der Waals surface area contributed by atoms with Crippen molar-refractivity contribution < 1.29 is 13.9 Å². The second kappa shape index (κ2) is 6.45. The lowest BCUT2D eigenvalue weighted by molar-refractivity contribution is 0.0949. The standard InChI is InChI=1S/C16H20N2O3/c1-10(2)12-5-4-11(3)14(8-12)21-9-15-13(6-7-20-15)16(19)18-17/h4-8,10H,9,17H2,1-3H3,(H,18,19). The normalized spacial score (nSPS) is 10.7. The highest BCUT2D eigenvalue weighted by molar-refractivity contribution is 5.94. The van der Waals surface area contributed by atoms with Crippen LogP contribution in [-0.4, -0.2) is 5.91 Å². The number of benzene rings is 1. The Morgan fingerprint density at radius 1 is 1.38 bits per heavy atom. The third-order valence-corrected chi connectivity index (χ3v) is 3.36. The number of carbonyl (C=O) groups excluding carboxylic acids is 1. The Labute approximate surface area is 124 Å². The number of hydrazine groups is 1. The molecule has 0 aliphatic carbocycles. The van der Waals surface area contributed by atoms with E-state index in [0.29, 0.717) is 17.2 Å². The van der Waals surface area contributed by atoms with Gasteiger partial charge in [-0.3, -0.25) is 10.2 Å². The van der Waals surface area contributed by atoms with E-state index in [4.69, 9.17) is 15.0 Å². The minimum absolute atomic E-state index is 0.179. The summed E-state index contributed by atoms with van der Waals surface area (Å²) in [5, 5.41) is 0. The molecule has 0 saturated heterocycles. The fourth-order valence-corrected chi connectivity index (χ4v) is 2.01. The van der Waals surface area contributed by atoms with Crippen molar-refractivity contribution in [3.8, 4) is 5.75 Å². The number of amides is 1. The molecule has 21 heavy (non-hydrogen) atoms. The molecule has 0 aliphatic heterocycles. The van der Waals surface area contributed by atoms with Crippen LogP contribution in [0.5, 0.6) is 5.75 Å². The van der Waals surface area contributed by atoms with Crippen LogP contribution in [0.25, 0.3) is 0 Å². The first-order chi connectivity index (χ1) is 10.0. The first kappa shape index (κ1) is 15.1. The number of nitrogen functional groups attached to an aromatic ring is 1. The molecule has 1 aromatic carbocycles. The zero-order chi connectivity index (χ0) is 15.4. The van der Waals surface area contributed by atoms with Crippen molar-refractivity contribution in [1.29, 1.82) is 0 Å². The van der Waals surface area contributed by atoms with Gasteiger partial charge in [-0.05, 0) is 36.1 Å². The Hall–Kier alpha value is -2.27. The van der Waals surface area contributed by atoms with Crippen LogP contribution in [-0.2, 0) is 6.61 Å². The van der Waals surface area contributed by atoms with Crippen LogP contribution in [0.2, 0.25) is 0 Å². The number of rotatable bonds is 5. The Kier molecular flexibility index (Phi) is 4.65. The van der Waals surface area contributed by atoms with Crippen molar-refractivity contribution in [2.24, 2.45) is 5.84 Å². The fourth-order valence-electron chi connectivity index (χ4n) is 2.01. The first-order valence-electron chi connectivity index (χ1n) is 6.83. The number of carbonyl (C=O) groups is 1. The van der Waals surface area contributed by atoms with Gasteiger partial charge in [-0.25, -0.2) is 5.84 Å². The van der Waals surface area contributed by atoms with Crippen LogP contribution in [0.15, 0.2) is 34.9 Å². The van der Waals surface area contributed by atoms with Crippen LogP contribution < -0.4 is 16.0 Å². The SMILES string of the molecule is Cc1ccc(C(C)C)cc1OCc1occc1C(=O)NN. The number of nitrogens with two attached hydrogens (primary N) is 1. The lowest BCUT2D eigenvalue weighted by Crippen LogP contribution is -2.30. The van der Waals surface area contributed by atoms with Gasteiger partial charge in [0.1, 0.15) is 12.4 Å². The Bertz CT molecular complexity index is 632. The molecule has 0 atom stereocenters. The van der Waals surface area contributed by atoms with Gasteiger partial charge in [0.25, 0.3) is 5.91 Å². The lowest BCUT2D eigenvalue weighted by Gasteiger charge is -2.12. The summed E-state index contributed by atoms with van der Waals surface area (Å²) >= 11 is 0. The largest absolute Gasteiger partial charge is 0.485 e. The van der Waals surface area contributed by atoms with Gasteiger partial charge < -0.3 is 9.15 Å². The van der Waals surface area contributed by atoms with Crippen molar-refractivity contribution in [3.63, 3.8) is 0 Å². The van der Waals surface area contributed by atoms with E-state index in [-0.39, 0.29) is 6.61 Å². The summed E-state index contributed by atoms with van der Waals surface area (Å²) < 4.78 is 11.1. The number of hydrogen-bond acceptors (Lipinski definition) is 4. The van der Waals surface area contributed by atoms with Gasteiger partial charge in [0.15, 0.2) is 5.76 Å². The van der Waals surface area contributed by atoms with E-state index in [0.717, 1.165) is 11.3 Å². The second-order valence-corrected chi connectivity index (χ2v) is 5.20. The maximum Gasteiger partial charge on any atom is 0.268 e. The van der Waals surface area contributed by atoms with E-state index in [2.05, 4.69) is 25.3 Å². The van der Waals surface area contributed by atoms with E-state index < -0.39 is 5.91 Å². The minimum atomic E-state index is -0.394. The predicted molar refractivity (Wildman–Crippen MR) is 80.0 cm³/mol. The molecule has 0 radical (unpaired) electrons. The summed E-state index contributed by atoms with van der Waals surface area (Å²) in [6, 6.07) is 7.71. The molecule has 0 unspecified atom stereocenters. The summed E-state index contributed by atoms with van der Waals surface area (Å²) in [6.07, 6.45) is 1.45. The smallest absolute Gasteiger partial charge is 0.268 e. The summed E-state index contributed by atoms with van der Waals surface area (Å²) in [4.78, 5) is 11.6. The maximum atomic E-state index is 11.6. The zero-order valence-corrected chi connectivity index (χ0v) is 12.5. The fraction of sp³-hybridized carbons (Fsp3) is 0.312. The van der Waals surface area contributed by atoms with Gasteiger partial charge in [0.05, 0.1) is 11.8 Å². The molecule has 0 fully saturated rings. The molecule has 0 bridgehead atoms. The number of hydrogen-bond donors (Lipinski definition) is 2. The second-order valence-electron chi connectivity index (χ2n) is 5.20. The molecular weight excluding hydrogens is 268 g/mol. The lowest BCUT2D eigenvalue weighted by atomic mass is 10.0. The topological polar surface area (TPSA) is 77.5 Å². The summed E-state index contributed by atoms with van der Waals surface area (Å²) in [5.41, 5.74) is 4.71. The Balaban J connectivity index is 2.15. The molecule has 3 N–H and O–H groups in total. The molecule has 2 aromatic rings. The van der Waals surface area contributed by atoms with Crippen molar-refractivity contribution in [2.75, 3.05) is 0 Å². The number of ether oxygens (including phenoxy) is 1. The molecule has 112 valence electrons. The van der Waals surface area contributed by atoms with Crippen LogP contribution >= 0.6 is 0 Å². The number of nitrogens with one attached hydrogen (secondary N) is 1. The molecule has 1 heterocycles. The third-order valence-electron chi connectivity index (χ3n) is 3.36. The van der Waals surface area contributed by atoms with Gasteiger partial charge in [0.2, 0.25) is 0 Å². The van der Waals surface area contributed by atoms with Gasteiger partial charge in [-0.2, -0.15) is 0 Å². The number of furan rings is 1. The molecule has 1 amide bonds. The van der Waals surface area contributed by atoms with Crippen molar-refractivity contribution in [2.45, 2.75) is 33.3 Å². The highest BCUT2D eigenvalue weighted by Crippen LogP contribution is 2.25. The Morgan fingerprint density at radius 2 is 2.14 bits per heavy atom. The summed E-state index contributed by atoms with van der Waals surface area (Å²) in [6.45, 7) is 6.42. The van der Waals surface area contributed by atoms with E-state index in [1.54, 1.807) is 6.07 Å². The van der Waals surface area contributed by atoms with Crippen LogP contribution in [0.1, 0.15) is 47.0 Å². The van der Waals surface area contributed by atoms with Crippen LogP contribution in [0, 0.1) is 6.92 Å². The molecule has 0 spiro atoms. The monoisotopic (exact) mass is 288 g/mol. The van der Waals surface area contributed by atoms with Gasteiger partial charge in [-0.1, -0.05) is 26.0 Å². The van der Waals surface area contributed by atoms with Crippen LogP contribution in [0.4, 0.5) is 0 Å². The molecule has 0 aliphatic rings. The van der Waals surface area contributed by atoms with E-state index >= 15 is 0 Å². The molecule has 0 saturated carbocycles. The predicted octanol–water partition coefficient (Wildman–Crippen LogP) is 2.89. The maximum absolute atomic E-state index is 11.6. The molecule has 1 aromatic heterocycles. The molecule has 2 rings (SSSR count). The zero-order valence-electron chi connectivity index (χ0n) is 12.5. The average molecular weight is 288 g/mol.